The molecule has 0 bridgehead atoms. The molecule has 0 aromatic heterocycles. The molecule has 1 N–H and O–H groups in total. The zero-order valence-corrected chi connectivity index (χ0v) is 14.8. The van der Waals surface area contributed by atoms with Gasteiger partial charge in [0.2, 0.25) is 0 Å². The van der Waals surface area contributed by atoms with Crippen LogP contribution in [-0.2, 0) is 23.1 Å². The minimum Gasteiger partial charge on any atom is -0.615 e. The van der Waals surface area contributed by atoms with E-state index in [1.165, 1.54) is 18.2 Å². The van der Waals surface area contributed by atoms with E-state index in [0.29, 0.717) is 12.1 Å². The van der Waals surface area contributed by atoms with Gasteiger partial charge in [-0.25, -0.2) is 0 Å². The summed E-state index contributed by atoms with van der Waals surface area (Å²) in [7, 11) is 0. The van der Waals surface area contributed by atoms with Crippen LogP contribution in [-0.4, -0.2) is 22.1 Å². The van der Waals surface area contributed by atoms with Crippen molar-refractivity contribution in [1.82, 2.24) is 0 Å². The third-order valence-electron chi connectivity index (χ3n) is 3.78. The molecule has 2 aromatic carbocycles. The van der Waals surface area contributed by atoms with Crippen LogP contribution in [0.25, 0.3) is 0 Å². The lowest BCUT2D eigenvalue weighted by Gasteiger charge is -2.25. The Morgan fingerprint density at radius 2 is 1.92 bits per heavy atom. The van der Waals surface area contributed by atoms with Crippen molar-refractivity contribution < 1.29 is 22.8 Å². The van der Waals surface area contributed by atoms with Crippen molar-refractivity contribution in [1.29, 1.82) is 5.26 Å². The van der Waals surface area contributed by atoms with Crippen LogP contribution in [0, 0.1) is 11.3 Å². The molecule has 138 valence electrons. The standard InChI is InChI=1S/C18H17F3N2O2S/c1-2-23(12-26(25)11-14-5-3-4-6-17(14)24)15-8-7-13(10-22)16(9-15)18(19,20)21/h3-9,24H,2,11-12H2,1H3. The normalized spacial score (nSPS) is 12.5. The van der Waals surface area contributed by atoms with Crippen LogP contribution in [0.3, 0.4) is 0 Å². The van der Waals surface area contributed by atoms with Crippen molar-refractivity contribution >= 4 is 16.9 Å². The first-order valence-corrected chi connectivity index (χ1v) is 9.23. The molecule has 26 heavy (non-hydrogen) atoms. The van der Waals surface area contributed by atoms with Gasteiger partial charge in [0.15, 0.2) is 5.88 Å². The Labute approximate surface area is 152 Å². The second-order valence-corrected chi connectivity index (χ2v) is 6.96. The number of nitriles is 1. The van der Waals surface area contributed by atoms with Crippen molar-refractivity contribution in [2.24, 2.45) is 0 Å². The van der Waals surface area contributed by atoms with Gasteiger partial charge in [0.05, 0.1) is 17.2 Å². The summed E-state index contributed by atoms with van der Waals surface area (Å²) in [5, 5.41) is 18.6. The maximum atomic E-state index is 13.1. The van der Waals surface area contributed by atoms with Crippen LogP contribution >= 0.6 is 0 Å². The number of phenols is 1. The summed E-state index contributed by atoms with van der Waals surface area (Å²) in [6, 6.07) is 11.5. The summed E-state index contributed by atoms with van der Waals surface area (Å²) in [5.41, 5.74) is -0.711. The molecule has 0 amide bonds. The first-order chi connectivity index (χ1) is 12.3. The number of phenolic OH excluding ortho intramolecular Hbond substituents is 1. The van der Waals surface area contributed by atoms with Gasteiger partial charge in [-0.15, -0.1) is 0 Å². The smallest absolute Gasteiger partial charge is 0.417 e. The molecule has 1 atom stereocenters. The Kier molecular flexibility index (Phi) is 6.40. The Hall–Kier alpha value is -2.37. The first kappa shape index (κ1) is 19.9. The largest absolute Gasteiger partial charge is 0.615 e. The molecule has 0 radical (unpaired) electrons. The van der Waals surface area contributed by atoms with E-state index < -0.39 is 28.5 Å². The maximum Gasteiger partial charge on any atom is 0.417 e. The minimum absolute atomic E-state index is 0.00797. The second-order valence-electron chi connectivity index (χ2n) is 5.54. The summed E-state index contributed by atoms with van der Waals surface area (Å²) in [4.78, 5) is 1.55. The van der Waals surface area contributed by atoms with E-state index in [2.05, 4.69) is 0 Å². The number of halogens is 3. The summed E-state index contributed by atoms with van der Waals surface area (Å²) < 4.78 is 51.8. The fourth-order valence-electron chi connectivity index (χ4n) is 2.44. The Balaban J connectivity index is 2.20. The number of nitrogens with zero attached hydrogens (tertiary/aromatic N) is 2. The second kappa shape index (κ2) is 8.34. The van der Waals surface area contributed by atoms with Crippen molar-refractivity contribution in [3.63, 3.8) is 0 Å². The number of benzene rings is 2. The molecule has 0 heterocycles. The molecule has 2 rings (SSSR count). The number of para-hydroxylation sites is 1. The molecule has 0 saturated heterocycles. The molecular formula is C18H17F3N2O2S. The average Bonchev–Trinajstić information content (AvgIpc) is 2.60. The van der Waals surface area contributed by atoms with Crippen LogP contribution in [0.4, 0.5) is 18.9 Å². The van der Waals surface area contributed by atoms with Gasteiger partial charge in [-0.3, -0.25) is 0 Å². The highest BCUT2D eigenvalue weighted by Gasteiger charge is 2.34. The van der Waals surface area contributed by atoms with Crippen LogP contribution in [0.1, 0.15) is 23.6 Å². The minimum atomic E-state index is -4.64. The van der Waals surface area contributed by atoms with E-state index in [4.69, 9.17) is 5.26 Å². The Morgan fingerprint density at radius 3 is 2.50 bits per heavy atom. The lowest BCUT2D eigenvalue weighted by atomic mass is 10.1. The predicted molar refractivity (Wildman–Crippen MR) is 94.0 cm³/mol. The molecule has 2 aromatic rings. The SMILES string of the molecule is CCN(C[S+]([O-])Cc1ccccc1O)c1ccc(C#N)c(C(F)(F)F)c1. The predicted octanol–water partition coefficient (Wildman–Crippen LogP) is 4.02. The van der Waals surface area contributed by atoms with Gasteiger partial charge in [0.1, 0.15) is 11.5 Å². The molecule has 0 aliphatic rings. The highest BCUT2D eigenvalue weighted by Crippen LogP contribution is 2.34. The van der Waals surface area contributed by atoms with E-state index >= 15 is 0 Å². The van der Waals surface area contributed by atoms with Gasteiger partial charge in [0.25, 0.3) is 0 Å². The highest BCUT2D eigenvalue weighted by atomic mass is 32.2. The van der Waals surface area contributed by atoms with Crippen LogP contribution in [0.15, 0.2) is 42.5 Å². The quantitative estimate of drug-likeness (QED) is 0.766. The molecule has 8 heteroatoms. The monoisotopic (exact) mass is 382 g/mol. The highest BCUT2D eigenvalue weighted by molar-refractivity contribution is 7.90. The topological polar surface area (TPSA) is 70.3 Å². The number of rotatable bonds is 6. The number of anilines is 1. The Morgan fingerprint density at radius 1 is 1.23 bits per heavy atom. The van der Waals surface area contributed by atoms with Crippen LogP contribution in [0.2, 0.25) is 0 Å². The third kappa shape index (κ3) is 4.84. The first-order valence-electron chi connectivity index (χ1n) is 7.74. The zero-order chi connectivity index (χ0) is 19.3. The fourth-order valence-corrected chi connectivity index (χ4v) is 3.80. The van der Waals surface area contributed by atoms with Crippen molar-refractivity contribution in [3.05, 3.63) is 59.2 Å². The lowest BCUT2D eigenvalue weighted by Crippen LogP contribution is -2.30. The molecule has 0 saturated carbocycles. The van der Waals surface area contributed by atoms with Gasteiger partial charge in [-0.2, -0.15) is 18.4 Å². The van der Waals surface area contributed by atoms with Crippen molar-refractivity contribution in [2.45, 2.75) is 18.9 Å². The molecule has 0 aliphatic heterocycles. The molecule has 0 fully saturated rings. The van der Waals surface area contributed by atoms with Crippen LogP contribution < -0.4 is 4.90 Å². The lowest BCUT2D eigenvalue weighted by molar-refractivity contribution is -0.137. The summed E-state index contributed by atoms with van der Waals surface area (Å²) >= 11 is -1.43. The zero-order valence-electron chi connectivity index (χ0n) is 14.0. The van der Waals surface area contributed by atoms with E-state index in [0.717, 1.165) is 12.1 Å². The van der Waals surface area contributed by atoms with Gasteiger partial charge >= 0.3 is 6.18 Å². The number of hydrogen-bond donors (Lipinski definition) is 1. The maximum absolute atomic E-state index is 13.1. The van der Waals surface area contributed by atoms with Crippen molar-refractivity contribution in [2.75, 3.05) is 17.3 Å². The van der Waals surface area contributed by atoms with Gasteiger partial charge < -0.3 is 14.6 Å². The Bertz CT molecular complexity index is 806. The molecule has 0 spiro atoms. The number of alkyl halides is 3. The number of hydrogen-bond acceptors (Lipinski definition) is 4. The van der Waals surface area contributed by atoms with Crippen LogP contribution in [0.5, 0.6) is 5.75 Å². The molecule has 4 nitrogen and oxygen atoms in total. The molecule has 0 aliphatic carbocycles. The van der Waals surface area contributed by atoms with E-state index in [9.17, 15) is 22.8 Å². The third-order valence-corrected chi connectivity index (χ3v) is 5.02. The number of aromatic hydroxyl groups is 1. The molecular weight excluding hydrogens is 365 g/mol. The fraction of sp³-hybridized carbons (Fsp3) is 0.278. The van der Waals surface area contributed by atoms with E-state index in [1.807, 2.05) is 0 Å². The van der Waals surface area contributed by atoms with Gasteiger partial charge in [-0.05, 0) is 42.4 Å². The van der Waals surface area contributed by atoms with E-state index in [-0.39, 0.29) is 23.1 Å². The summed E-state index contributed by atoms with van der Waals surface area (Å²) in [6.07, 6.45) is -4.64. The average molecular weight is 382 g/mol. The summed E-state index contributed by atoms with van der Waals surface area (Å²) in [5.74, 6) is 0.126. The molecule has 1 unspecified atom stereocenters. The van der Waals surface area contributed by atoms with Gasteiger partial charge in [-0.1, -0.05) is 18.2 Å². The summed E-state index contributed by atoms with van der Waals surface area (Å²) in [6.45, 7) is 2.08. The van der Waals surface area contributed by atoms with Crippen molar-refractivity contribution in [3.8, 4) is 11.8 Å². The van der Waals surface area contributed by atoms with E-state index in [1.54, 1.807) is 30.0 Å². The van der Waals surface area contributed by atoms with Gasteiger partial charge in [0, 0.05) is 17.8 Å².